The minimum absolute atomic E-state index is 0.196. The Morgan fingerprint density at radius 2 is 2.12 bits per heavy atom. The number of halogens is 2. The zero-order chi connectivity index (χ0) is 12.4. The summed E-state index contributed by atoms with van der Waals surface area (Å²) in [6.45, 7) is 1.77. The third-order valence-electron chi connectivity index (χ3n) is 1.99. The summed E-state index contributed by atoms with van der Waals surface area (Å²) in [6, 6.07) is 3.17. The lowest BCUT2D eigenvalue weighted by molar-refractivity contribution is 0.102. The lowest BCUT2D eigenvalue weighted by Crippen LogP contribution is -2.11. The van der Waals surface area contributed by atoms with Crippen molar-refractivity contribution in [1.82, 2.24) is 4.98 Å². The molecule has 17 heavy (non-hydrogen) atoms. The van der Waals surface area contributed by atoms with Crippen molar-refractivity contribution in [2.75, 3.05) is 5.32 Å². The second-order valence-corrected chi connectivity index (χ2v) is 4.24. The first kappa shape index (κ1) is 11.7. The molecular formula is C11H8F2N2OS. The van der Waals surface area contributed by atoms with Crippen LogP contribution in [-0.2, 0) is 0 Å². The van der Waals surface area contributed by atoms with Gasteiger partial charge in [-0.15, -0.1) is 11.3 Å². The molecule has 0 aliphatic carbocycles. The van der Waals surface area contributed by atoms with Crippen LogP contribution in [0.2, 0.25) is 0 Å². The van der Waals surface area contributed by atoms with Crippen molar-refractivity contribution < 1.29 is 13.6 Å². The van der Waals surface area contributed by atoms with Gasteiger partial charge < -0.3 is 5.32 Å². The van der Waals surface area contributed by atoms with Crippen LogP contribution >= 0.6 is 11.3 Å². The second kappa shape index (κ2) is 4.58. The van der Waals surface area contributed by atoms with Gasteiger partial charge in [-0.1, -0.05) is 0 Å². The molecule has 0 saturated heterocycles. The topological polar surface area (TPSA) is 42.0 Å². The first-order chi connectivity index (χ1) is 8.06. The van der Waals surface area contributed by atoms with Gasteiger partial charge in [0, 0.05) is 22.8 Å². The summed E-state index contributed by atoms with van der Waals surface area (Å²) >= 11 is 1.19. The monoisotopic (exact) mass is 254 g/mol. The number of nitrogens with one attached hydrogen (secondary N) is 1. The zero-order valence-corrected chi connectivity index (χ0v) is 9.65. The molecule has 1 heterocycles. The van der Waals surface area contributed by atoms with Crippen LogP contribution in [0.5, 0.6) is 0 Å². The van der Waals surface area contributed by atoms with Gasteiger partial charge in [-0.25, -0.2) is 13.8 Å². The molecular weight excluding hydrogens is 246 g/mol. The predicted octanol–water partition coefficient (Wildman–Crippen LogP) is 2.98. The maximum absolute atomic E-state index is 12.9. The maximum Gasteiger partial charge on any atom is 0.284 e. The molecule has 1 amide bonds. The predicted molar refractivity (Wildman–Crippen MR) is 61.2 cm³/mol. The van der Waals surface area contributed by atoms with Gasteiger partial charge in [-0.2, -0.15) is 0 Å². The fourth-order valence-electron chi connectivity index (χ4n) is 1.22. The first-order valence-electron chi connectivity index (χ1n) is 4.75. The molecule has 0 unspecified atom stereocenters. The average molecular weight is 254 g/mol. The number of hydrogen-bond acceptors (Lipinski definition) is 3. The van der Waals surface area contributed by atoms with E-state index in [4.69, 9.17) is 0 Å². The highest BCUT2D eigenvalue weighted by molar-refractivity contribution is 7.11. The van der Waals surface area contributed by atoms with E-state index in [-0.39, 0.29) is 10.7 Å². The van der Waals surface area contributed by atoms with E-state index in [1.165, 1.54) is 17.4 Å². The van der Waals surface area contributed by atoms with Crippen molar-refractivity contribution >= 4 is 22.9 Å². The molecule has 0 aliphatic heterocycles. The molecule has 1 aromatic heterocycles. The van der Waals surface area contributed by atoms with Crippen LogP contribution in [0.1, 0.15) is 15.5 Å². The van der Waals surface area contributed by atoms with E-state index in [2.05, 4.69) is 10.3 Å². The Bertz CT molecular complexity index is 568. The highest BCUT2D eigenvalue weighted by Crippen LogP contribution is 2.15. The van der Waals surface area contributed by atoms with Gasteiger partial charge >= 0.3 is 0 Å². The number of nitrogens with zero attached hydrogens (tertiary/aromatic N) is 1. The van der Waals surface area contributed by atoms with Gasteiger partial charge in [-0.05, 0) is 19.1 Å². The van der Waals surface area contributed by atoms with Crippen LogP contribution in [0.15, 0.2) is 23.6 Å². The van der Waals surface area contributed by atoms with Crippen LogP contribution in [-0.4, -0.2) is 10.9 Å². The molecule has 0 saturated carbocycles. The third kappa shape index (κ3) is 2.65. The van der Waals surface area contributed by atoms with Crippen LogP contribution < -0.4 is 5.32 Å². The Kier molecular flexibility index (Phi) is 3.14. The summed E-state index contributed by atoms with van der Waals surface area (Å²) in [6.07, 6.45) is 0. The number of hydrogen-bond donors (Lipinski definition) is 1. The molecule has 1 aromatic carbocycles. The highest BCUT2D eigenvalue weighted by Gasteiger charge is 2.11. The van der Waals surface area contributed by atoms with Crippen molar-refractivity contribution in [2.45, 2.75) is 6.92 Å². The van der Waals surface area contributed by atoms with E-state index in [9.17, 15) is 13.6 Å². The number of carbonyl (C=O) groups is 1. The molecule has 0 fully saturated rings. The standard InChI is InChI=1S/C11H8F2N2OS/c1-6-5-17-11(14-6)10(16)15-7-2-3-8(12)9(13)4-7/h2-5H,1H3,(H,15,16). The van der Waals surface area contributed by atoms with Crippen molar-refractivity contribution in [3.63, 3.8) is 0 Å². The van der Waals surface area contributed by atoms with Crippen LogP contribution in [0, 0.1) is 18.6 Å². The summed E-state index contributed by atoms with van der Waals surface area (Å²) in [5.41, 5.74) is 0.937. The number of rotatable bonds is 2. The quantitative estimate of drug-likeness (QED) is 0.895. The summed E-state index contributed by atoms with van der Waals surface area (Å²) in [5, 5.41) is 4.46. The second-order valence-electron chi connectivity index (χ2n) is 3.38. The Hall–Kier alpha value is -1.82. The molecule has 6 heteroatoms. The molecule has 88 valence electrons. The zero-order valence-electron chi connectivity index (χ0n) is 8.83. The molecule has 1 N–H and O–H groups in total. The van der Waals surface area contributed by atoms with Crippen molar-refractivity contribution in [3.05, 3.63) is 45.9 Å². The average Bonchev–Trinajstić information content (AvgIpc) is 2.70. The van der Waals surface area contributed by atoms with Crippen molar-refractivity contribution in [3.8, 4) is 0 Å². The van der Waals surface area contributed by atoms with Crippen molar-refractivity contribution in [2.24, 2.45) is 0 Å². The lowest BCUT2D eigenvalue weighted by atomic mass is 10.3. The highest BCUT2D eigenvalue weighted by atomic mass is 32.1. The minimum Gasteiger partial charge on any atom is -0.320 e. The first-order valence-corrected chi connectivity index (χ1v) is 5.63. The number of thiazole rings is 1. The van der Waals surface area contributed by atoms with Crippen LogP contribution in [0.3, 0.4) is 0 Å². The largest absolute Gasteiger partial charge is 0.320 e. The number of carbonyl (C=O) groups excluding carboxylic acids is 1. The third-order valence-corrected chi connectivity index (χ3v) is 2.95. The van der Waals surface area contributed by atoms with Crippen LogP contribution in [0.25, 0.3) is 0 Å². The Balaban J connectivity index is 2.15. The summed E-state index contributed by atoms with van der Waals surface area (Å²) in [7, 11) is 0. The molecule has 2 rings (SSSR count). The molecule has 3 nitrogen and oxygen atoms in total. The van der Waals surface area contributed by atoms with Gasteiger partial charge in [0.25, 0.3) is 5.91 Å². The van der Waals surface area contributed by atoms with E-state index < -0.39 is 17.5 Å². The van der Waals surface area contributed by atoms with Gasteiger partial charge in [0.05, 0.1) is 0 Å². The minimum atomic E-state index is -1.00. The number of anilines is 1. The molecule has 2 aromatic rings. The summed E-state index contributed by atoms with van der Waals surface area (Å²) in [4.78, 5) is 15.6. The number of aromatic nitrogens is 1. The Morgan fingerprint density at radius 3 is 2.71 bits per heavy atom. The molecule has 0 spiro atoms. The summed E-state index contributed by atoms with van der Waals surface area (Å²) < 4.78 is 25.6. The number of aryl methyl sites for hydroxylation is 1. The smallest absolute Gasteiger partial charge is 0.284 e. The molecule has 0 radical (unpaired) electrons. The normalized spacial score (nSPS) is 10.3. The number of benzene rings is 1. The fourth-order valence-corrected chi connectivity index (χ4v) is 1.91. The molecule has 0 aliphatic rings. The van der Waals surface area contributed by atoms with E-state index >= 15 is 0 Å². The van der Waals surface area contributed by atoms with E-state index in [0.29, 0.717) is 0 Å². The maximum atomic E-state index is 12.9. The van der Waals surface area contributed by atoms with Crippen LogP contribution in [0.4, 0.5) is 14.5 Å². The van der Waals surface area contributed by atoms with Gasteiger partial charge in [0.15, 0.2) is 16.6 Å². The van der Waals surface area contributed by atoms with Gasteiger partial charge in [-0.3, -0.25) is 4.79 Å². The van der Waals surface area contributed by atoms with E-state index in [1.54, 1.807) is 12.3 Å². The van der Waals surface area contributed by atoms with Gasteiger partial charge in [0.1, 0.15) is 0 Å². The van der Waals surface area contributed by atoms with E-state index in [0.717, 1.165) is 17.8 Å². The number of amides is 1. The van der Waals surface area contributed by atoms with Crippen molar-refractivity contribution in [1.29, 1.82) is 0 Å². The Morgan fingerprint density at radius 1 is 1.35 bits per heavy atom. The molecule has 0 atom stereocenters. The van der Waals surface area contributed by atoms with E-state index in [1.807, 2.05) is 0 Å². The molecule has 0 bridgehead atoms. The SMILES string of the molecule is Cc1csc(C(=O)Nc2ccc(F)c(F)c2)n1. The summed E-state index contributed by atoms with van der Waals surface area (Å²) in [5.74, 6) is -2.39. The lowest BCUT2D eigenvalue weighted by Gasteiger charge is -2.03. The van der Waals surface area contributed by atoms with Gasteiger partial charge in [0.2, 0.25) is 0 Å². The fraction of sp³-hybridized carbons (Fsp3) is 0.0909. The Labute approximate surface area is 100 Å².